The summed E-state index contributed by atoms with van der Waals surface area (Å²) in [6.45, 7) is 14.1. The van der Waals surface area contributed by atoms with Crippen molar-refractivity contribution in [2.24, 2.45) is 46.3 Å². The summed E-state index contributed by atoms with van der Waals surface area (Å²) < 4.78 is 5.61. The molecule has 3 fully saturated rings. The Kier molecular flexibility index (Phi) is 6.68. The molecule has 0 spiro atoms. The van der Waals surface area contributed by atoms with Gasteiger partial charge in [-0.05, 0) is 91.3 Å². The lowest BCUT2D eigenvalue weighted by Gasteiger charge is -2.58. The van der Waals surface area contributed by atoms with Crippen molar-refractivity contribution < 1.29 is 9.53 Å². The minimum atomic E-state index is -0.115. The summed E-state index contributed by atoms with van der Waals surface area (Å²) in [4.78, 5) is 11.5. The van der Waals surface area contributed by atoms with E-state index in [1.807, 2.05) is 0 Å². The summed E-state index contributed by atoms with van der Waals surface area (Å²) in [5, 5.41) is 0. The molecule has 0 aromatic heterocycles. The maximum absolute atomic E-state index is 11.5. The highest BCUT2D eigenvalue weighted by atomic mass is 16.5. The molecule has 0 radical (unpaired) electrons. The smallest absolute Gasteiger partial charge is 0.302 e. The molecule has 0 heterocycles. The number of esters is 1. The van der Waals surface area contributed by atoms with E-state index in [2.05, 4.69) is 40.7 Å². The van der Waals surface area contributed by atoms with E-state index in [0.717, 1.165) is 48.3 Å². The Morgan fingerprint density at radius 3 is 2.55 bits per heavy atom. The van der Waals surface area contributed by atoms with Gasteiger partial charge in [0.2, 0.25) is 0 Å². The van der Waals surface area contributed by atoms with Crippen LogP contribution in [0.5, 0.6) is 0 Å². The lowest BCUT2D eigenvalue weighted by molar-refractivity contribution is -0.148. The van der Waals surface area contributed by atoms with Gasteiger partial charge < -0.3 is 4.74 Å². The van der Waals surface area contributed by atoms with Crippen LogP contribution < -0.4 is 0 Å². The van der Waals surface area contributed by atoms with Crippen LogP contribution in [0.4, 0.5) is 0 Å². The van der Waals surface area contributed by atoms with Gasteiger partial charge in [0.05, 0.1) is 0 Å². The predicted octanol–water partition coefficient (Wildman–Crippen LogP) is 7.96. The average Bonchev–Trinajstić information content (AvgIpc) is 3.05. The van der Waals surface area contributed by atoms with E-state index in [-0.39, 0.29) is 12.1 Å². The van der Waals surface area contributed by atoms with Crippen molar-refractivity contribution in [3.8, 4) is 0 Å². The molecule has 31 heavy (non-hydrogen) atoms. The van der Waals surface area contributed by atoms with Gasteiger partial charge in [-0.25, -0.2) is 0 Å². The van der Waals surface area contributed by atoms with Crippen LogP contribution in [0.25, 0.3) is 0 Å². The number of hydrogen-bond donors (Lipinski definition) is 0. The predicted molar refractivity (Wildman–Crippen MR) is 129 cm³/mol. The molecule has 0 aliphatic heterocycles. The maximum atomic E-state index is 11.5. The average molecular weight is 429 g/mol. The van der Waals surface area contributed by atoms with Gasteiger partial charge in [0.1, 0.15) is 6.10 Å². The maximum Gasteiger partial charge on any atom is 0.302 e. The first-order chi connectivity index (χ1) is 14.6. The van der Waals surface area contributed by atoms with E-state index >= 15 is 0 Å². The van der Waals surface area contributed by atoms with Crippen LogP contribution in [0, 0.1) is 46.3 Å². The molecule has 176 valence electrons. The number of fused-ring (bicyclic) bond motifs is 5. The van der Waals surface area contributed by atoms with E-state index in [4.69, 9.17) is 4.74 Å². The Morgan fingerprint density at radius 1 is 1.06 bits per heavy atom. The number of rotatable bonds is 6. The number of carbonyl (C=O) groups excluding carboxylic acids is 1. The third-order valence-corrected chi connectivity index (χ3v) is 10.6. The molecule has 2 nitrogen and oxygen atoms in total. The molecular weight excluding hydrogens is 380 g/mol. The van der Waals surface area contributed by atoms with E-state index in [1.54, 1.807) is 12.5 Å². The molecule has 0 N–H and O–H groups in total. The van der Waals surface area contributed by atoms with E-state index in [0.29, 0.717) is 10.8 Å². The Balaban J connectivity index is 1.47. The molecule has 0 bridgehead atoms. The summed E-state index contributed by atoms with van der Waals surface area (Å²) in [5.74, 6) is 5.19. The summed E-state index contributed by atoms with van der Waals surface area (Å²) in [6, 6.07) is 0. The summed E-state index contributed by atoms with van der Waals surface area (Å²) in [5.41, 5.74) is 2.53. The fourth-order valence-electron chi connectivity index (χ4n) is 8.99. The zero-order valence-corrected chi connectivity index (χ0v) is 21.2. The molecule has 0 amide bonds. The van der Waals surface area contributed by atoms with Crippen molar-refractivity contribution in [3.05, 3.63) is 11.6 Å². The van der Waals surface area contributed by atoms with E-state index in [9.17, 15) is 4.79 Å². The quantitative estimate of drug-likeness (QED) is 0.317. The molecule has 8 atom stereocenters. The summed E-state index contributed by atoms with van der Waals surface area (Å²) in [6.07, 6.45) is 17.2. The lowest BCUT2D eigenvalue weighted by Crippen LogP contribution is -2.51. The van der Waals surface area contributed by atoms with Crippen molar-refractivity contribution in [1.82, 2.24) is 0 Å². The Morgan fingerprint density at radius 2 is 1.84 bits per heavy atom. The molecule has 4 aliphatic carbocycles. The molecule has 2 heteroatoms. The van der Waals surface area contributed by atoms with Crippen molar-refractivity contribution in [1.29, 1.82) is 0 Å². The zero-order chi connectivity index (χ0) is 22.4. The van der Waals surface area contributed by atoms with Crippen LogP contribution >= 0.6 is 0 Å². The van der Waals surface area contributed by atoms with Crippen LogP contribution in [-0.2, 0) is 9.53 Å². The summed E-state index contributed by atoms with van der Waals surface area (Å²) >= 11 is 0. The van der Waals surface area contributed by atoms with Crippen LogP contribution in [0.2, 0.25) is 0 Å². The fourth-order valence-corrected chi connectivity index (χ4v) is 8.99. The standard InChI is InChI=1S/C29H48O2/c1-19(2)8-7-9-20(3)25-12-13-26-24-11-10-22-18-23(31-21(4)30)14-16-28(22,5)27(24)15-17-29(25,26)6/h10,19-20,23-27H,7-9,11-18H2,1-6H3/t20-,23+,24-,25+,26+,27-,28+,29-/m1/s1. The number of carbonyl (C=O) groups is 1. The van der Waals surface area contributed by atoms with Gasteiger partial charge in [-0.15, -0.1) is 0 Å². The minimum absolute atomic E-state index is 0.115. The first-order valence-electron chi connectivity index (χ1n) is 13.5. The molecule has 3 saturated carbocycles. The normalized spacial score (nSPS) is 42.9. The Bertz CT molecular complexity index is 693. The first-order valence-corrected chi connectivity index (χ1v) is 13.5. The highest BCUT2D eigenvalue weighted by Crippen LogP contribution is 2.67. The van der Waals surface area contributed by atoms with Gasteiger partial charge in [-0.1, -0.05) is 65.5 Å². The molecule has 0 aromatic rings. The van der Waals surface area contributed by atoms with Gasteiger partial charge in [-0.3, -0.25) is 4.79 Å². The van der Waals surface area contributed by atoms with Crippen molar-refractivity contribution in [3.63, 3.8) is 0 Å². The van der Waals surface area contributed by atoms with Crippen molar-refractivity contribution in [2.75, 3.05) is 0 Å². The van der Waals surface area contributed by atoms with Gasteiger partial charge in [-0.2, -0.15) is 0 Å². The molecular formula is C29H48O2. The van der Waals surface area contributed by atoms with Gasteiger partial charge in [0, 0.05) is 13.3 Å². The molecule has 4 rings (SSSR count). The summed E-state index contributed by atoms with van der Waals surface area (Å²) in [7, 11) is 0. The van der Waals surface area contributed by atoms with Gasteiger partial charge in [0.15, 0.2) is 0 Å². The first kappa shape index (κ1) is 23.4. The fraction of sp³-hybridized carbons (Fsp3) is 0.897. The Hall–Kier alpha value is -0.790. The highest BCUT2D eigenvalue weighted by molar-refractivity contribution is 5.66. The molecule has 0 saturated heterocycles. The molecule has 0 aromatic carbocycles. The molecule has 0 unspecified atom stereocenters. The largest absolute Gasteiger partial charge is 0.462 e. The van der Waals surface area contributed by atoms with Crippen LogP contribution in [0.1, 0.15) is 112 Å². The zero-order valence-electron chi connectivity index (χ0n) is 21.2. The minimum Gasteiger partial charge on any atom is -0.462 e. The number of ether oxygens (including phenoxy) is 1. The topological polar surface area (TPSA) is 26.3 Å². The monoisotopic (exact) mass is 428 g/mol. The van der Waals surface area contributed by atoms with E-state index in [1.165, 1.54) is 57.8 Å². The van der Waals surface area contributed by atoms with Crippen molar-refractivity contribution >= 4 is 5.97 Å². The number of hydrogen-bond acceptors (Lipinski definition) is 2. The Labute approximate surface area is 192 Å². The second-order valence-electron chi connectivity index (χ2n) is 12.8. The second-order valence-corrected chi connectivity index (χ2v) is 12.8. The number of allylic oxidation sites excluding steroid dienone is 1. The third kappa shape index (κ3) is 4.26. The van der Waals surface area contributed by atoms with Gasteiger partial charge >= 0.3 is 5.97 Å². The van der Waals surface area contributed by atoms with Crippen LogP contribution in [0.15, 0.2) is 11.6 Å². The van der Waals surface area contributed by atoms with Gasteiger partial charge in [0.25, 0.3) is 0 Å². The van der Waals surface area contributed by atoms with Crippen LogP contribution in [-0.4, -0.2) is 12.1 Å². The SMILES string of the molecule is CC(=O)O[C@H]1CC[C@@]2(C)C(=CC[C@H]3[C@H]2CC[C@@]2(C)[C@H]3CC[C@H]2[C@H](C)CCCC(C)C)C1. The van der Waals surface area contributed by atoms with E-state index < -0.39 is 0 Å². The molecule has 4 aliphatic rings. The van der Waals surface area contributed by atoms with Crippen LogP contribution in [0.3, 0.4) is 0 Å². The highest BCUT2D eigenvalue weighted by Gasteiger charge is 2.59. The van der Waals surface area contributed by atoms with Crippen molar-refractivity contribution in [2.45, 2.75) is 118 Å². The second kappa shape index (κ2) is 8.86. The lowest BCUT2D eigenvalue weighted by atomic mass is 9.47. The third-order valence-electron chi connectivity index (χ3n) is 10.6.